The highest BCUT2D eigenvalue weighted by Crippen LogP contribution is 2.39. The average molecular weight is 447 g/mol. The van der Waals surface area contributed by atoms with Gasteiger partial charge in [0.05, 0.1) is 12.6 Å². The minimum absolute atomic E-state index is 0.0868. The van der Waals surface area contributed by atoms with Gasteiger partial charge >= 0.3 is 6.03 Å². The van der Waals surface area contributed by atoms with E-state index in [1.54, 1.807) is 45.8 Å². The molecule has 1 aromatic rings. The number of rotatable bonds is 8. The zero-order valence-electron chi connectivity index (χ0n) is 18.2. The SMILES string of the molecule is CCOc1ccc(C(=O)CN2NC3N(CCC(C)C)C(=O)C4SCCC4N3C2=O)cc1. The number of thioether (sulfide) groups is 1. The van der Waals surface area contributed by atoms with Crippen LogP contribution in [0.3, 0.4) is 0 Å². The van der Waals surface area contributed by atoms with Crippen molar-refractivity contribution in [3.63, 3.8) is 0 Å². The number of carbonyl (C=O) groups excluding carboxylic acids is 3. The van der Waals surface area contributed by atoms with Gasteiger partial charge in [0.15, 0.2) is 12.1 Å². The third-order valence-electron chi connectivity index (χ3n) is 5.96. The topological polar surface area (TPSA) is 82.2 Å². The van der Waals surface area contributed by atoms with Crippen LogP contribution in [-0.2, 0) is 4.79 Å². The molecule has 8 nitrogen and oxygen atoms in total. The quantitative estimate of drug-likeness (QED) is 0.618. The molecule has 3 fully saturated rings. The number of nitrogens with one attached hydrogen (secondary N) is 1. The second-order valence-corrected chi connectivity index (χ2v) is 9.77. The molecule has 3 unspecified atom stereocenters. The fourth-order valence-corrected chi connectivity index (χ4v) is 5.71. The number of ether oxygens (including phenoxy) is 1. The summed E-state index contributed by atoms with van der Waals surface area (Å²) in [5, 5.41) is 1.15. The minimum Gasteiger partial charge on any atom is -0.494 e. The van der Waals surface area contributed by atoms with Crippen LogP contribution in [0.1, 0.15) is 44.0 Å². The Kier molecular flexibility index (Phi) is 6.43. The molecule has 3 amide bonds. The van der Waals surface area contributed by atoms with Crippen LogP contribution in [0.4, 0.5) is 4.79 Å². The molecule has 3 aliphatic rings. The molecule has 31 heavy (non-hydrogen) atoms. The number of hydrazine groups is 1. The van der Waals surface area contributed by atoms with E-state index < -0.39 is 6.29 Å². The van der Waals surface area contributed by atoms with Crippen LogP contribution >= 0.6 is 11.8 Å². The molecule has 4 rings (SSSR count). The molecule has 3 saturated heterocycles. The monoisotopic (exact) mass is 446 g/mol. The molecule has 3 heterocycles. The molecule has 0 saturated carbocycles. The lowest BCUT2D eigenvalue weighted by Gasteiger charge is -2.44. The number of urea groups is 1. The first kappa shape index (κ1) is 22.0. The van der Waals surface area contributed by atoms with Gasteiger partial charge in [-0.3, -0.25) is 14.5 Å². The van der Waals surface area contributed by atoms with Crippen molar-refractivity contribution in [2.24, 2.45) is 5.92 Å². The lowest BCUT2D eigenvalue weighted by Crippen LogP contribution is -2.66. The van der Waals surface area contributed by atoms with Gasteiger partial charge in [0.1, 0.15) is 17.5 Å². The van der Waals surface area contributed by atoms with Crippen molar-refractivity contribution < 1.29 is 19.1 Å². The average Bonchev–Trinajstić information content (AvgIpc) is 3.34. The van der Waals surface area contributed by atoms with Crippen LogP contribution in [0.15, 0.2) is 24.3 Å². The molecule has 0 radical (unpaired) electrons. The Bertz CT molecular complexity index is 846. The smallest absolute Gasteiger partial charge is 0.337 e. The van der Waals surface area contributed by atoms with Crippen molar-refractivity contribution in [3.05, 3.63) is 29.8 Å². The number of amides is 3. The van der Waals surface area contributed by atoms with E-state index in [4.69, 9.17) is 4.74 Å². The van der Waals surface area contributed by atoms with Crippen molar-refractivity contribution in [2.75, 3.05) is 25.4 Å². The molecule has 9 heteroatoms. The Morgan fingerprint density at radius 1 is 1.26 bits per heavy atom. The van der Waals surface area contributed by atoms with Crippen LogP contribution < -0.4 is 10.2 Å². The minimum atomic E-state index is -0.521. The summed E-state index contributed by atoms with van der Waals surface area (Å²) in [7, 11) is 0. The molecule has 1 aromatic carbocycles. The normalized spacial score (nSPS) is 25.3. The molecule has 3 aliphatic heterocycles. The van der Waals surface area contributed by atoms with Gasteiger partial charge < -0.3 is 9.64 Å². The third-order valence-corrected chi connectivity index (χ3v) is 7.31. The highest BCUT2D eigenvalue weighted by atomic mass is 32.2. The Morgan fingerprint density at radius 2 is 2.00 bits per heavy atom. The first-order chi connectivity index (χ1) is 14.9. The zero-order chi connectivity index (χ0) is 22.1. The van der Waals surface area contributed by atoms with Gasteiger partial charge in [0.25, 0.3) is 0 Å². The number of ketones is 1. The third kappa shape index (κ3) is 4.25. The van der Waals surface area contributed by atoms with E-state index in [0.717, 1.165) is 18.6 Å². The van der Waals surface area contributed by atoms with Gasteiger partial charge in [0.2, 0.25) is 5.91 Å². The molecular formula is C22H30N4O4S. The maximum Gasteiger partial charge on any atom is 0.337 e. The standard InChI is InChI=1S/C22H30N4O4S/c1-4-30-16-7-5-15(6-8-16)18(27)13-25-22(29)26-17-10-12-31-19(17)20(28)24(21(26)23-25)11-9-14(2)3/h5-8,14,17,19,21,23H,4,9-13H2,1-3H3. The van der Waals surface area contributed by atoms with Gasteiger partial charge in [-0.15, -0.1) is 11.8 Å². The fraction of sp³-hybridized carbons (Fsp3) is 0.591. The lowest BCUT2D eigenvalue weighted by atomic mass is 10.0. The number of hydrogen-bond acceptors (Lipinski definition) is 6. The van der Waals surface area contributed by atoms with Gasteiger partial charge in [-0.25, -0.2) is 9.80 Å². The summed E-state index contributed by atoms with van der Waals surface area (Å²) in [5.74, 6) is 1.94. The maximum absolute atomic E-state index is 13.2. The molecule has 0 aromatic heterocycles. The van der Waals surface area contributed by atoms with Crippen molar-refractivity contribution >= 4 is 29.5 Å². The van der Waals surface area contributed by atoms with Crippen molar-refractivity contribution in [2.45, 2.75) is 51.2 Å². The van der Waals surface area contributed by atoms with E-state index in [9.17, 15) is 14.4 Å². The van der Waals surface area contributed by atoms with Crippen LogP contribution in [0.5, 0.6) is 5.75 Å². The predicted octanol–water partition coefficient (Wildman–Crippen LogP) is 2.56. The van der Waals surface area contributed by atoms with Crippen LogP contribution in [0, 0.1) is 5.92 Å². The number of hydrogen-bond donors (Lipinski definition) is 1. The lowest BCUT2D eigenvalue weighted by molar-refractivity contribution is -0.144. The van der Waals surface area contributed by atoms with E-state index in [1.807, 2.05) is 6.92 Å². The summed E-state index contributed by atoms with van der Waals surface area (Å²) < 4.78 is 5.42. The van der Waals surface area contributed by atoms with Crippen molar-refractivity contribution in [1.29, 1.82) is 0 Å². The Morgan fingerprint density at radius 3 is 2.68 bits per heavy atom. The molecule has 1 N–H and O–H groups in total. The second-order valence-electron chi connectivity index (χ2n) is 8.52. The highest BCUT2D eigenvalue weighted by molar-refractivity contribution is 8.00. The number of nitrogens with zero attached hydrogens (tertiary/aromatic N) is 3. The highest BCUT2D eigenvalue weighted by Gasteiger charge is 2.55. The van der Waals surface area contributed by atoms with Crippen LogP contribution in [-0.4, -0.2) is 75.6 Å². The van der Waals surface area contributed by atoms with Gasteiger partial charge in [-0.2, -0.15) is 5.43 Å². The summed E-state index contributed by atoms with van der Waals surface area (Å²) in [4.78, 5) is 42.8. The largest absolute Gasteiger partial charge is 0.494 e. The van der Waals surface area contributed by atoms with E-state index in [1.165, 1.54) is 5.01 Å². The maximum atomic E-state index is 13.2. The van der Waals surface area contributed by atoms with E-state index >= 15 is 0 Å². The fourth-order valence-electron chi connectivity index (χ4n) is 4.31. The molecule has 0 bridgehead atoms. The number of fused-ring (bicyclic) bond motifs is 3. The van der Waals surface area contributed by atoms with E-state index in [0.29, 0.717) is 30.4 Å². The number of benzene rings is 1. The number of Topliss-reactive ketones (excluding diaryl/α,β-unsaturated/α-hetero) is 1. The number of carbonyl (C=O) groups is 3. The summed E-state index contributed by atoms with van der Waals surface area (Å²) in [5.41, 5.74) is 3.67. The van der Waals surface area contributed by atoms with Gasteiger partial charge in [0, 0.05) is 12.1 Å². The molecular weight excluding hydrogens is 416 g/mol. The Balaban J connectivity index is 1.50. The molecule has 168 valence electrons. The molecule has 3 atom stereocenters. The Hall–Kier alpha value is -2.26. The van der Waals surface area contributed by atoms with Crippen molar-refractivity contribution in [3.8, 4) is 5.75 Å². The van der Waals surface area contributed by atoms with Gasteiger partial charge in [-0.1, -0.05) is 13.8 Å². The van der Waals surface area contributed by atoms with E-state index in [2.05, 4.69) is 19.3 Å². The first-order valence-electron chi connectivity index (χ1n) is 10.9. The second kappa shape index (κ2) is 9.08. The molecule has 0 spiro atoms. The molecule has 0 aliphatic carbocycles. The van der Waals surface area contributed by atoms with Crippen LogP contribution in [0.25, 0.3) is 0 Å². The van der Waals surface area contributed by atoms with Crippen molar-refractivity contribution in [1.82, 2.24) is 20.2 Å². The Labute approximate surface area is 187 Å². The summed E-state index contributed by atoms with van der Waals surface area (Å²) in [6, 6.07) is 6.58. The summed E-state index contributed by atoms with van der Waals surface area (Å²) in [6.45, 7) is 7.20. The summed E-state index contributed by atoms with van der Waals surface area (Å²) >= 11 is 1.63. The van der Waals surface area contributed by atoms with E-state index in [-0.39, 0.29) is 35.6 Å². The van der Waals surface area contributed by atoms with Gasteiger partial charge in [-0.05, 0) is 55.7 Å². The predicted molar refractivity (Wildman–Crippen MR) is 119 cm³/mol. The van der Waals surface area contributed by atoms with Crippen LogP contribution in [0.2, 0.25) is 0 Å². The first-order valence-corrected chi connectivity index (χ1v) is 12.0. The summed E-state index contributed by atoms with van der Waals surface area (Å²) in [6.07, 6.45) is 1.13. The zero-order valence-corrected chi connectivity index (χ0v) is 19.1.